The van der Waals surface area contributed by atoms with Gasteiger partial charge in [0.15, 0.2) is 0 Å². The summed E-state index contributed by atoms with van der Waals surface area (Å²) in [5.41, 5.74) is -0.407. The molecule has 2 saturated heterocycles. The monoisotopic (exact) mass is 763 g/mol. The van der Waals surface area contributed by atoms with E-state index >= 15 is 0 Å². The Morgan fingerprint density at radius 1 is 1.02 bits per heavy atom. The third-order valence-electron chi connectivity index (χ3n) is 11.1. The van der Waals surface area contributed by atoms with Crippen LogP contribution in [0.2, 0.25) is 0 Å². The third-order valence-corrected chi connectivity index (χ3v) is 12.9. The number of amides is 5. The molecule has 6 atom stereocenters. The van der Waals surface area contributed by atoms with Gasteiger partial charge in [0.25, 0.3) is 11.8 Å². The number of rotatable bonds is 6. The van der Waals surface area contributed by atoms with Gasteiger partial charge in [-0.25, -0.2) is 13.2 Å². The normalized spacial score (nSPS) is 29.4. The molecule has 1 aromatic heterocycles. The van der Waals surface area contributed by atoms with Crippen molar-refractivity contribution in [3.63, 3.8) is 0 Å². The second-order valence-electron chi connectivity index (χ2n) is 16.3. The number of aromatic amines is 1. The summed E-state index contributed by atoms with van der Waals surface area (Å²) >= 11 is 0. The minimum atomic E-state index is -3.91. The van der Waals surface area contributed by atoms with Crippen LogP contribution < -0.4 is 15.4 Å². The van der Waals surface area contributed by atoms with Crippen LogP contribution in [0.5, 0.6) is 0 Å². The number of aromatic nitrogens is 2. The minimum absolute atomic E-state index is 0.143. The molecule has 1 aromatic carbocycles. The first-order valence-electron chi connectivity index (χ1n) is 18.9. The van der Waals surface area contributed by atoms with Crippen molar-refractivity contribution in [3.05, 3.63) is 54.2 Å². The zero-order valence-corrected chi connectivity index (χ0v) is 31.7. The molecular weight excluding hydrogens is 715 g/mol. The molecule has 2 aromatic rings. The van der Waals surface area contributed by atoms with Crippen molar-refractivity contribution in [2.75, 3.05) is 19.6 Å². The number of benzene rings is 1. The Labute approximate surface area is 315 Å². The molecule has 2 aliphatic carbocycles. The summed E-state index contributed by atoms with van der Waals surface area (Å²) in [4.78, 5) is 73.0. The van der Waals surface area contributed by atoms with Crippen LogP contribution in [0, 0.1) is 17.8 Å². The van der Waals surface area contributed by atoms with E-state index in [1.54, 1.807) is 50.1 Å². The van der Waals surface area contributed by atoms with Gasteiger partial charge in [-0.2, -0.15) is 5.10 Å². The van der Waals surface area contributed by atoms with Crippen molar-refractivity contribution in [3.8, 4) is 11.3 Å². The summed E-state index contributed by atoms with van der Waals surface area (Å²) < 4.78 is 33.5. The number of H-pyrrole nitrogens is 1. The largest absolute Gasteiger partial charge is 0.444 e. The van der Waals surface area contributed by atoms with Crippen LogP contribution in [0.4, 0.5) is 4.79 Å². The van der Waals surface area contributed by atoms with E-state index in [4.69, 9.17) is 4.74 Å². The van der Waals surface area contributed by atoms with Crippen LogP contribution in [0.3, 0.4) is 0 Å². The highest BCUT2D eigenvalue weighted by atomic mass is 32.2. The van der Waals surface area contributed by atoms with Gasteiger partial charge in [0, 0.05) is 54.7 Å². The Kier molecular flexibility index (Phi) is 10.1. The molecule has 2 saturated carbocycles. The fourth-order valence-electron chi connectivity index (χ4n) is 8.10. The predicted molar refractivity (Wildman–Crippen MR) is 197 cm³/mol. The van der Waals surface area contributed by atoms with Crippen LogP contribution >= 0.6 is 0 Å². The Balaban J connectivity index is 1.18. The summed E-state index contributed by atoms with van der Waals surface area (Å²) in [6.45, 7) is 5.78. The van der Waals surface area contributed by atoms with E-state index in [-0.39, 0.29) is 37.9 Å². The van der Waals surface area contributed by atoms with Crippen molar-refractivity contribution in [1.82, 2.24) is 35.4 Å². The number of fused-ring (bicyclic) bond motifs is 4. The summed E-state index contributed by atoms with van der Waals surface area (Å²) in [5, 5.41) is 12.0. The SMILES string of the molecule is CC(C)(C)OC(=O)N[C@H]1CCCCC/C=C\[C@@H]2C[C@@]2(C(=O)NS(=O)(=O)C2CC2)NC(=O)[C@@H]2[C@H]3CN(C(=O)c4cccc(-c5cc[nH]n5)c4)C[C@H]3CN2C1=O. The van der Waals surface area contributed by atoms with Crippen molar-refractivity contribution >= 4 is 39.7 Å². The van der Waals surface area contributed by atoms with E-state index < -0.39 is 74.1 Å². The van der Waals surface area contributed by atoms with Gasteiger partial charge in [0.1, 0.15) is 23.2 Å². The molecule has 3 aliphatic heterocycles. The second kappa shape index (κ2) is 14.5. The van der Waals surface area contributed by atoms with Crippen LogP contribution in [0.25, 0.3) is 11.3 Å². The Morgan fingerprint density at radius 3 is 2.54 bits per heavy atom. The fourth-order valence-corrected chi connectivity index (χ4v) is 9.47. The zero-order chi connectivity index (χ0) is 38.4. The quantitative estimate of drug-likeness (QED) is 0.320. The number of nitrogens with one attached hydrogen (secondary N) is 4. The average Bonchev–Trinajstić information content (AvgIpc) is 3.91. The molecule has 4 fully saturated rings. The van der Waals surface area contributed by atoms with Crippen LogP contribution in [0.15, 0.2) is 48.7 Å². The number of hydrogen-bond acceptors (Lipinski definition) is 9. The molecule has 7 rings (SSSR count). The highest BCUT2D eigenvalue weighted by Gasteiger charge is 2.63. The molecule has 0 bridgehead atoms. The maximum atomic E-state index is 14.6. The van der Waals surface area contributed by atoms with E-state index in [0.29, 0.717) is 43.4 Å². The average molecular weight is 764 g/mol. The number of nitrogens with zero attached hydrogens (tertiary/aromatic N) is 3. The highest BCUT2D eigenvalue weighted by molar-refractivity contribution is 7.91. The lowest BCUT2D eigenvalue weighted by Gasteiger charge is -2.33. The van der Waals surface area contributed by atoms with Gasteiger partial charge < -0.3 is 25.2 Å². The first-order valence-corrected chi connectivity index (χ1v) is 20.4. The number of sulfonamides is 1. The maximum Gasteiger partial charge on any atom is 0.408 e. The molecule has 16 heteroatoms. The first kappa shape index (κ1) is 37.6. The van der Waals surface area contributed by atoms with Gasteiger partial charge in [-0.1, -0.05) is 37.1 Å². The molecule has 5 amide bonds. The lowest BCUT2D eigenvalue weighted by atomic mass is 9.93. The number of hydrogen-bond donors (Lipinski definition) is 4. The molecule has 4 N–H and O–H groups in total. The maximum absolute atomic E-state index is 14.6. The van der Waals surface area contributed by atoms with Crippen LogP contribution in [-0.2, 0) is 29.1 Å². The van der Waals surface area contributed by atoms with Gasteiger partial charge in [-0.05, 0) is 77.5 Å². The second-order valence-corrected chi connectivity index (χ2v) is 18.3. The molecule has 0 spiro atoms. The summed E-state index contributed by atoms with van der Waals surface area (Å²) in [6.07, 6.45) is 9.11. The van der Waals surface area contributed by atoms with Crippen molar-refractivity contribution in [2.45, 2.75) is 101 Å². The number of ether oxygens (including phenoxy) is 1. The Morgan fingerprint density at radius 2 is 1.81 bits per heavy atom. The van der Waals surface area contributed by atoms with Gasteiger partial charge in [0.05, 0.1) is 10.9 Å². The molecule has 290 valence electrons. The number of carbonyl (C=O) groups excluding carboxylic acids is 5. The predicted octanol–water partition coefficient (Wildman–Crippen LogP) is 2.87. The minimum Gasteiger partial charge on any atom is -0.444 e. The number of allylic oxidation sites excluding steroid dienone is 1. The molecule has 0 radical (unpaired) electrons. The summed E-state index contributed by atoms with van der Waals surface area (Å²) in [6, 6.07) is 6.87. The number of carbonyl (C=O) groups is 5. The van der Waals surface area contributed by atoms with Crippen molar-refractivity contribution < 1.29 is 37.1 Å². The standard InChI is InChI=1S/C38H49N7O8S/c1-37(2,3)53-36(50)40-30-13-8-6-4-5-7-12-26-19-38(26,35(49)43-54(51,52)27-14-15-27)41-32(46)31-28-22-44(20-25(28)21-45(31)34(30)48)33(47)24-11-9-10-23(18-24)29-16-17-39-42-29/h7,9-12,16-18,25-28,30-31H,4-6,8,13-15,19-22H2,1-3H3,(H,39,42)(H,40,50)(H,41,46)(H,43,49)/b12-7-/t25-,26+,28-,30-,31-,38+/m0/s1. The molecule has 54 heavy (non-hydrogen) atoms. The number of likely N-dealkylation sites (tertiary alicyclic amines) is 1. The molecule has 0 unspecified atom stereocenters. The topological polar surface area (TPSA) is 200 Å². The van der Waals surface area contributed by atoms with Crippen molar-refractivity contribution in [2.24, 2.45) is 17.8 Å². The lowest BCUT2D eigenvalue weighted by Crippen LogP contribution is -2.60. The number of alkyl carbamates (subject to hydrolysis) is 1. The third kappa shape index (κ3) is 7.89. The fraction of sp³-hybridized carbons (Fsp3) is 0.579. The van der Waals surface area contributed by atoms with E-state index in [2.05, 4.69) is 25.6 Å². The van der Waals surface area contributed by atoms with Crippen molar-refractivity contribution in [1.29, 1.82) is 0 Å². The Bertz CT molecular complexity index is 1940. The zero-order valence-electron chi connectivity index (χ0n) is 30.9. The van der Waals surface area contributed by atoms with Gasteiger partial charge in [0.2, 0.25) is 21.8 Å². The Hall–Kier alpha value is -4.73. The summed E-state index contributed by atoms with van der Waals surface area (Å²) in [7, 11) is -3.91. The highest BCUT2D eigenvalue weighted by Crippen LogP contribution is 2.47. The molecule has 5 aliphatic rings. The lowest BCUT2D eigenvalue weighted by molar-refractivity contribution is -0.142. The van der Waals surface area contributed by atoms with Gasteiger partial charge >= 0.3 is 6.09 Å². The van der Waals surface area contributed by atoms with Gasteiger partial charge in [-0.15, -0.1) is 0 Å². The van der Waals surface area contributed by atoms with E-state index in [1.165, 1.54) is 4.90 Å². The molecule has 15 nitrogen and oxygen atoms in total. The smallest absolute Gasteiger partial charge is 0.408 e. The van der Waals surface area contributed by atoms with E-state index in [9.17, 15) is 32.4 Å². The van der Waals surface area contributed by atoms with E-state index in [1.807, 2.05) is 24.3 Å². The summed E-state index contributed by atoms with van der Waals surface area (Å²) in [5.74, 6) is -3.28. The molecule has 4 heterocycles. The van der Waals surface area contributed by atoms with Crippen LogP contribution in [0.1, 0.15) is 82.5 Å². The van der Waals surface area contributed by atoms with Gasteiger partial charge in [-0.3, -0.25) is 29.0 Å². The van der Waals surface area contributed by atoms with E-state index in [0.717, 1.165) is 18.4 Å². The molecular formula is C38H49N7O8S. The first-order chi connectivity index (χ1) is 25.6. The van der Waals surface area contributed by atoms with Crippen LogP contribution in [-0.4, -0.2) is 106 Å².